The van der Waals surface area contributed by atoms with Crippen LogP contribution in [0.5, 0.6) is 0 Å². The molecule has 6 nitrogen and oxygen atoms in total. The monoisotopic (exact) mass is 380 g/mol. The lowest BCUT2D eigenvalue weighted by Crippen LogP contribution is -2.47. The average molecular weight is 381 g/mol. The Labute approximate surface area is 161 Å². The average Bonchev–Trinajstić information content (AvgIpc) is 3.16. The number of rotatable bonds is 5. The van der Waals surface area contributed by atoms with E-state index < -0.39 is 0 Å². The van der Waals surface area contributed by atoms with Crippen molar-refractivity contribution in [2.45, 2.75) is 25.7 Å². The molecular formula is C19H29ClN4O2. The number of urea groups is 1. The van der Waals surface area contributed by atoms with Crippen LogP contribution in [-0.4, -0.2) is 49.6 Å². The molecule has 0 aromatic heterocycles. The van der Waals surface area contributed by atoms with Gasteiger partial charge in [0.05, 0.1) is 5.92 Å². The standard InChI is InChI=1S/C19H28N4O2.ClH/c24-18(21-11-9-15-8-10-20-13-15)16-5-4-12-23(14-16)19(25)22-17-6-2-1-3-7-17;/h1-3,6-7,15-16,20H,4-5,8-14H2,(H,21,24)(H,22,25);1H. The summed E-state index contributed by atoms with van der Waals surface area (Å²) in [6.07, 6.45) is 3.95. The SMILES string of the molecule is Cl.O=C(NCCC1CCNC1)C1CCCN(C(=O)Nc2ccccc2)C1. The number of anilines is 1. The van der Waals surface area contributed by atoms with E-state index in [0.717, 1.165) is 44.6 Å². The number of para-hydroxylation sites is 1. The van der Waals surface area contributed by atoms with Crippen molar-refractivity contribution in [2.24, 2.45) is 11.8 Å². The van der Waals surface area contributed by atoms with Gasteiger partial charge in [0.15, 0.2) is 0 Å². The third-order valence-corrected chi connectivity index (χ3v) is 5.12. The van der Waals surface area contributed by atoms with Crippen molar-refractivity contribution in [1.29, 1.82) is 0 Å². The van der Waals surface area contributed by atoms with Gasteiger partial charge >= 0.3 is 6.03 Å². The van der Waals surface area contributed by atoms with Gasteiger partial charge in [-0.2, -0.15) is 0 Å². The number of piperidine rings is 1. The number of hydrogen-bond acceptors (Lipinski definition) is 3. The summed E-state index contributed by atoms with van der Waals surface area (Å²) in [6, 6.07) is 9.30. The lowest BCUT2D eigenvalue weighted by molar-refractivity contribution is -0.126. The van der Waals surface area contributed by atoms with Crippen LogP contribution in [0.3, 0.4) is 0 Å². The van der Waals surface area contributed by atoms with E-state index >= 15 is 0 Å². The highest BCUT2D eigenvalue weighted by atomic mass is 35.5. The second-order valence-electron chi connectivity index (χ2n) is 7.02. The van der Waals surface area contributed by atoms with Crippen LogP contribution in [0.25, 0.3) is 0 Å². The number of halogens is 1. The molecule has 3 N–H and O–H groups in total. The molecule has 2 fully saturated rings. The van der Waals surface area contributed by atoms with Gasteiger partial charge in [0.1, 0.15) is 0 Å². The van der Waals surface area contributed by atoms with Gasteiger partial charge in [0, 0.05) is 25.3 Å². The number of nitrogens with one attached hydrogen (secondary N) is 3. The molecule has 2 unspecified atom stereocenters. The first kappa shape index (κ1) is 20.5. The second kappa shape index (κ2) is 10.4. The van der Waals surface area contributed by atoms with Crippen molar-refractivity contribution < 1.29 is 9.59 Å². The Balaban J connectivity index is 0.00000243. The summed E-state index contributed by atoms with van der Waals surface area (Å²) < 4.78 is 0. The Morgan fingerprint density at radius 2 is 2.00 bits per heavy atom. The van der Waals surface area contributed by atoms with E-state index in [2.05, 4.69) is 16.0 Å². The molecule has 0 saturated carbocycles. The van der Waals surface area contributed by atoms with Gasteiger partial charge < -0.3 is 20.9 Å². The van der Waals surface area contributed by atoms with Gasteiger partial charge in [0.25, 0.3) is 0 Å². The van der Waals surface area contributed by atoms with E-state index in [1.807, 2.05) is 30.3 Å². The molecule has 2 atom stereocenters. The number of hydrogen-bond donors (Lipinski definition) is 3. The highest BCUT2D eigenvalue weighted by Gasteiger charge is 2.28. The van der Waals surface area contributed by atoms with E-state index in [4.69, 9.17) is 0 Å². The van der Waals surface area contributed by atoms with Crippen molar-refractivity contribution in [3.63, 3.8) is 0 Å². The van der Waals surface area contributed by atoms with Crippen LogP contribution in [0, 0.1) is 11.8 Å². The number of nitrogens with zero attached hydrogens (tertiary/aromatic N) is 1. The molecule has 0 bridgehead atoms. The van der Waals surface area contributed by atoms with E-state index in [1.165, 1.54) is 6.42 Å². The molecule has 0 radical (unpaired) electrons. The summed E-state index contributed by atoms with van der Waals surface area (Å²) in [7, 11) is 0. The molecule has 2 aliphatic heterocycles. The van der Waals surface area contributed by atoms with Crippen molar-refractivity contribution in [3.05, 3.63) is 30.3 Å². The van der Waals surface area contributed by atoms with E-state index in [-0.39, 0.29) is 30.3 Å². The Morgan fingerprint density at radius 1 is 1.19 bits per heavy atom. The van der Waals surface area contributed by atoms with Crippen molar-refractivity contribution in [3.8, 4) is 0 Å². The van der Waals surface area contributed by atoms with Crippen LogP contribution < -0.4 is 16.0 Å². The number of carbonyl (C=O) groups excluding carboxylic acids is 2. The smallest absolute Gasteiger partial charge is 0.321 e. The van der Waals surface area contributed by atoms with Gasteiger partial charge in [-0.1, -0.05) is 18.2 Å². The van der Waals surface area contributed by atoms with E-state index in [9.17, 15) is 9.59 Å². The van der Waals surface area contributed by atoms with Crippen molar-refractivity contribution in [2.75, 3.05) is 38.0 Å². The van der Waals surface area contributed by atoms with Crippen molar-refractivity contribution in [1.82, 2.24) is 15.5 Å². The number of amides is 3. The van der Waals surface area contributed by atoms with Crippen LogP contribution in [0.4, 0.5) is 10.5 Å². The fourth-order valence-corrected chi connectivity index (χ4v) is 3.60. The summed E-state index contributed by atoms with van der Waals surface area (Å²) in [6.45, 7) is 4.09. The summed E-state index contributed by atoms with van der Waals surface area (Å²) in [5.41, 5.74) is 0.782. The molecule has 2 aliphatic rings. The first-order chi connectivity index (χ1) is 12.2. The normalized spacial score (nSPS) is 22.4. The zero-order chi connectivity index (χ0) is 17.5. The molecule has 0 aliphatic carbocycles. The molecule has 2 saturated heterocycles. The maximum Gasteiger partial charge on any atom is 0.321 e. The topological polar surface area (TPSA) is 73.5 Å². The van der Waals surface area contributed by atoms with E-state index in [1.54, 1.807) is 4.90 Å². The van der Waals surface area contributed by atoms with Crippen LogP contribution in [0.2, 0.25) is 0 Å². The predicted molar refractivity (Wildman–Crippen MR) is 106 cm³/mol. The minimum atomic E-state index is -0.124. The Kier molecular flexibility index (Phi) is 8.19. The van der Waals surface area contributed by atoms with Crippen LogP contribution in [0.15, 0.2) is 30.3 Å². The predicted octanol–water partition coefficient (Wildman–Crippen LogP) is 2.47. The highest BCUT2D eigenvalue weighted by Crippen LogP contribution is 2.18. The first-order valence-electron chi connectivity index (χ1n) is 9.32. The zero-order valence-corrected chi connectivity index (χ0v) is 15.9. The molecule has 1 aromatic rings. The Bertz CT molecular complexity index is 578. The van der Waals surface area contributed by atoms with Gasteiger partial charge in [-0.15, -0.1) is 12.4 Å². The Morgan fingerprint density at radius 3 is 2.73 bits per heavy atom. The van der Waals surface area contributed by atoms with Gasteiger partial charge in [-0.25, -0.2) is 4.79 Å². The summed E-state index contributed by atoms with van der Waals surface area (Å²) >= 11 is 0. The van der Waals surface area contributed by atoms with Gasteiger partial charge in [-0.05, 0) is 56.8 Å². The summed E-state index contributed by atoms with van der Waals surface area (Å²) in [5.74, 6) is 0.667. The third-order valence-electron chi connectivity index (χ3n) is 5.12. The maximum atomic E-state index is 12.4. The lowest BCUT2D eigenvalue weighted by atomic mass is 9.97. The third kappa shape index (κ3) is 5.88. The largest absolute Gasteiger partial charge is 0.356 e. The summed E-state index contributed by atoms with van der Waals surface area (Å²) in [5, 5.41) is 9.31. The second-order valence-corrected chi connectivity index (χ2v) is 7.02. The number of likely N-dealkylation sites (tertiary alicyclic amines) is 1. The Hall–Kier alpha value is -1.79. The molecule has 0 spiro atoms. The maximum absolute atomic E-state index is 12.4. The first-order valence-corrected chi connectivity index (χ1v) is 9.32. The molecule has 144 valence electrons. The molecule has 1 aromatic carbocycles. The van der Waals surface area contributed by atoms with Crippen LogP contribution in [-0.2, 0) is 4.79 Å². The summed E-state index contributed by atoms with van der Waals surface area (Å²) in [4.78, 5) is 26.6. The molecule has 3 rings (SSSR count). The van der Waals surface area contributed by atoms with Crippen LogP contribution in [0.1, 0.15) is 25.7 Å². The fourth-order valence-electron chi connectivity index (χ4n) is 3.60. The molecule has 3 amide bonds. The van der Waals surface area contributed by atoms with Gasteiger partial charge in [0.2, 0.25) is 5.91 Å². The quantitative estimate of drug-likeness (QED) is 0.734. The minimum Gasteiger partial charge on any atom is -0.356 e. The lowest BCUT2D eigenvalue weighted by Gasteiger charge is -2.32. The van der Waals surface area contributed by atoms with Gasteiger partial charge in [-0.3, -0.25) is 4.79 Å². The molecule has 26 heavy (non-hydrogen) atoms. The van der Waals surface area contributed by atoms with E-state index in [0.29, 0.717) is 19.0 Å². The van der Waals surface area contributed by atoms with Crippen molar-refractivity contribution >= 4 is 30.0 Å². The fraction of sp³-hybridized carbons (Fsp3) is 0.579. The minimum absolute atomic E-state index is 0. The number of benzene rings is 1. The number of carbonyl (C=O) groups is 2. The highest BCUT2D eigenvalue weighted by molar-refractivity contribution is 5.90. The van der Waals surface area contributed by atoms with Crippen LogP contribution >= 0.6 is 12.4 Å². The molecule has 7 heteroatoms. The zero-order valence-electron chi connectivity index (χ0n) is 15.1. The molecule has 2 heterocycles. The molecular weight excluding hydrogens is 352 g/mol.